The van der Waals surface area contributed by atoms with Gasteiger partial charge in [-0.15, -0.1) is 0 Å². The first-order valence-corrected chi connectivity index (χ1v) is 12.7. The summed E-state index contributed by atoms with van der Waals surface area (Å²) in [4.78, 5) is 57.2. The molecule has 0 radical (unpaired) electrons. The van der Waals surface area contributed by atoms with Crippen molar-refractivity contribution in [2.45, 2.75) is 19.0 Å². The number of ketones is 2. The molecule has 3 aromatic rings. The van der Waals surface area contributed by atoms with Crippen molar-refractivity contribution in [2.75, 3.05) is 19.1 Å². The van der Waals surface area contributed by atoms with Crippen molar-refractivity contribution in [2.24, 2.45) is 11.8 Å². The Kier molecular flexibility index (Phi) is 5.83. The molecule has 196 valence electrons. The molecule has 0 spiro atoms. The Labute approximate surface area is 225 Å². The second-order valence-electron chi connectivity index (χ2n) is 9.88. The van der Waals surface area contributed by atoms with Gasteiger partial charge in [0, 0.05) is 11.8 Å². The smallest absolute Gasteiger partial charge is 0.240 e. The number of rotatable bonds is 6. The summed E-state index contributed by atoms with van der Waals surface area (Å²) in [6, 6.07) is 17.6. The lowest BCUT2D eigenvalue weighted by atomic mass is 9.83. The number of nitrogens with zero attached hydrogens (tertiary/aromatic N) is 2. The molecule has 0 saturated carbocycles. The maximum atomic E-state index is 14.3. The Bertz CT molecular complexity index is 1560. The van der Waals surface area contributed by atoms with Crippen LogP contribution in [0.1, 0.15) is 44.8 Å². The van der Waals surface area contributed by atoms with Gasteiger partial charge in [-0.1, -0.05) is 24.3 Å². The minimum atomic E-state index is -0.941. The van der Waals surface area contributed by atoms with Crippen LogP contribution in [0.25, 0.3) is 6.08 Å². The lowest BCUT2D eigenvalue weighted by Gasteiger charge is -2.35. The third-order valence-corrected chi connectivity index (χ3v) is 7.93. The molecule has 0 N–H and O–H groups in total. The zero-order valence-electron chi connectivity index (χ0n) is 21.7. The minimum absolute atomic E-state index is 0.114. The van der Waals surface area contributed by atoms with Crippen molar-refractivity contribution in [3.05, 3.63) is 95.2 Å². The van der Waals surface area contributed by atoms with Gasteiger partial charge in [-0.3, -0.25) is 19.2 Å². The van der Waals surface area contributed by atoms with E-state index in [-0.39, 0.29) is 23.0 Å². The summed E-state index contributed by atoms with van der Waals surface area (Å²) in [6.07, 6.45) is 3.72. The minimum Gasteiger partial charge on any atom is -0.497 e. The molecule has 0 aliphatic carbocycles. The molecule has 8 nitrogen and oxygen atoms in total. The van der Waals surface area contributed by atoms with E-state index in [9.17, 15) is 19.2 Å². The molecule has 2 fully saturated rings. The van der Waals surface area contributed by atoms with E-state index >= 15 is 0 Å². The second-order valence-corrected chi connectivity index (χ2v) is 9.88. The summed E-state index contributed by atoms with van der Waals surface area (Å²) in [5.74, 6) is -2.12. The second kappa shape index (κ2) is 9.23. The Balaban J connectivity index is 1.49. The van der Waals surface area contributed by atoms with Gasteiger partial charge in [-0.2, -0.15) is 0 Å². The molecule has 2 amide bonds. The normalized spacial score (nSPS) is 22.8. The van der Waals surface area contributed by atoms with Crippen molar-refractivity contribution in [3.8, 4) is 11.5 Å². The highest BCUT2D eigenvalue weighted by atomic mass is 16.5. The zero-order valence-corrected chi connectivity index (χ0v) is 21.7. The first-order chi connectivity index (χ1) is 18.8. The van der Waals surface area contributed by atoms with Gasteiger partial charge in [-0.05, 0) is 66.6 Å². The number of amides is 2. The zero-order chi connectivity index (χ0) is 27.4. The van der Waals surface area contributed by atoms with Gasteiger partial charge in [0.25, 0.3) is 0 Å². The van der Waals surface area contributed by atoms with Gasteiger partial charge < -0.3 is 14.4 Å². The van der Waals surface area contributed by atoms with Gasteiger partial charge in [-0.25, -0.2) is 4.90 Å². The molecule has 3 aliphatic rings. The maximum Gasteiger partial charge on any atom is 0.240 e. The highest BCUT2D eigenvalue weighted by Gasteiger charge is 2.64. The molecule has 3 aromatic carbocycles. The van der Waals surface area contributed by atoms with E-state index in [4.69, 9.17) is 9.47 Å². The lowest BCUT2D eigenvalue weighted by Crippen LogP contribution is -2.44. The first kappa shape index (κ1) is 24.6. The number of anilines is 1. The number of Topliss-reactive ketones (excluding diaryl/α,β-unsaturated/α-hetero) is 2. The van der Waals surface area contributed by atoms with Gasteiger partial charge in [0.2, 0.25) is 11.8 Å². The van der Waals surface area contributed by atoms with Crippen LogP contribution >= 0.6 is 0 Å². The van der Waals surface area contributed by atoms with Crippen LogP contribution in [0.4, 0.5) is 5.69 Å². The maximum absolute atomic E-state index is 14.3. The van der Waals surface area contributed by atoms with Crippen LogP contribution < -0.4 is 14.4 Å². The fourth-order valence-electron chi connectivity index (χ4n) is 6.12. The SMILES string of the molecule is COc1ccc(OC)c(C(=O)[C@@H]2[C@@H]3C(=O)N(c4ccc(C(C)=O)cc4)C(=O)[C@H]3[C@@H]3c4ccccc4C=CN23)c1. The van der Waals surface area contributed by atoms with Crippen LogP contribution in [0.15, 0.2) is 72.9 Å². The molecular formula is C31H26N2O6. The molecule has 8 heteroatoms. The first-order valence-electron chi connectivity index (χ1n) is 12.7. The predicted octanol–water partition coefficient (Wildman–Crippen LogP) is 4.30. The third kappa shape index (κ3) is 3.66. The number of imide groups is 1. The molecule has 0 aromatic heterocycles. The standard InChI is InChI=1S/C31H26N2O6/c1-17(34)18-8-10-20(11-9-18)33-30(36)25-26(31(33)37)28(29(35)23-16-21(38-2)12-13-24(23)39-3)32-15-14-19-6-4-5-7-22(19)27(25)32/h4-16,25-28H,1-3H3/t25-,26-,27+,28+/m1/s1. The van der Waals surface area contributed by atoms with E-state index in [0.717, 1.165) is 11.1 Å². The number of carbonyl (C=O) groups is 4. The fourth-order valence-corrected chi connectivity index (χ4v) is 6.12. The third-order valence-electron chi connectivity index (χ3n) is 7.93. The Morgan fingerprint density at radius 3 is 2.26 bits per heavy atom. The molecule has 4 atom stereocenters. The summed E-state index contributed by atoms with van der Waals surface area (Å²) in [5, 5.41) is 0. The Morgan fingerprint density at radius 2 is 1.56 bits per heavy atom. The van der Waals surface area contributed by atoms with Crippen LogP contribution in [0.3, 0.4) is 0 Å². The highest BCUT2D eigenvalue weighted by Crippen LogP contribution is 2.54. The number of hydrogen-bond acceptors (Lipinski definition) is 7. The summed E-state index contributed by atoms with van der Waals surface area (Å²) in [7, 11) is 2.99. The van der Waals surface area contributed by atoms with Gasteiger partial charge >= 0.3 is 0 Å². The quantitative estimate of drug-likeness (QED) is 0.352. The average Bonchev–Trinajstić information content (AvgIpc) is 3.44. The molecule has 39 heavy (non-hydrogen) atoms. The van der Waals surface area contributed by atoms with Crippen molar-refractivity contribution < 1.29 is 28.7 Å². The molecule has 6 rings (SSSR count). The van der Waals surface area contributed by atoms with E-state index in [1.807, 2.05) is 41.4 Å². The van der Waals surface area contributed by atoms with Gasteiger partial charge in [0.05, 0.1) is 43.3 Å². The van der Waals surface area contributed by atoms with Crippen molar-refractivity contribution in [1.82, 2.24) is 4.90 Å². The summed E-state index contributed by atoms with van der Waals surface area (Å²) in [6.45, 7) is 1.46. The Hall–Kier alpha value is -4.72. The van der Waals surface area contributed by atoms with E-state index < -0.39 is 29.8 Å². The van der Waals surface area contributed by atoms with Gasteiger partial charge in [0.1, 0.15) is 17.5 Å². The van der Waals surface area contributed by atoms with Crippen LogP contribution in [0.5, 0.6) is 11.5 Å². The largest absolute Gasteiger partial charge is 0.497 e. The van der Waals surface area contributed by atoms with E-state index in [1.165, 1.54) is 26.0 Å². The average molecular weight is 523 g/mol. The van der Waals surface area contributed by atoms with Crippen molar-refractivity contribution in [3.63, 3.8) is 0 Å². The number of ether oxygens (including phenoxy) is 2. The molecule has 0 unspecified atom stereocenters. The van der Waals surface area contributed by atoms with Crippen LogP contribution in [0.2, 0.25) is 0 Å². The lowest BCUT2D eigenvalue weighted by molar-refractivity contribution is -0.123. The number of methoxy groups -OCH3 is 2. The Morgan fingerprint density at radius 1 is 0.846 bits per heavy atom. The summed E-state index contributed by atoms with van der Waals surface area (Å²) in [5.41, 5.74) is 2.96. The summed E-state index contributed by atoms with van der Waals surface area (Å²) >= 11 is 0. The highest BCUT2D eigenvalue weighted by molar-refractivity contribution is 6.25. The van der Waals surface area contributed by atoms with Crippen LogP contribution in [-0.4, -0.2) is 48.5 Å². The monoisotopic (exact) mass is 522 g/mol. The number of hydrogen-bond donors (Lipinski definition) is 0. The van der Waals surface area contributed by atoms with Gasteiger partial charge in [0.15, 0.2) is 11.6 Å². The predicted molar refractivity (Wildman–Crippen MR) is 144 cm³/mol. The molecule has 2 saturated heterocycles. The van der Waals surface area contributed by atoms with Crippen molar-refractivity contribution >= 4 is 35.1 Å². The fraction of sp³-hybridized carbons (Fsp3) is 0.226. The molecule has 3 heterocycles. The number of benzene rings is 3. The van der Waals surface area contributed by atoms with Crippen LogP contribution in [-0.2, 0) is 9.59 Å². The summed E-state index contributed by atoms with van der Waals surface area (Å²) < 4.78 is 10.9. The number of fused-ring (bicyclic) bond motifs is 5. The number of carbonyl (C=O) groups excluding carboxylic acids is 4. The van der Waals surface area contributed by atoms with E-state index in [0.29, 0.717) is 22.7 Å². The van der Waals surface area contributed by atoms with E-state index in [1.54, 1.807) is 42.5 Å². The molecule has 0 bridgehead atoms. The topological polar surface area (TPSA) is 93.2 Å². The van der Waals surface area contributed by atoms with Crippen molar-refractivity contribution in [1.29, 1.82) is 0 Å². The molecule has 3 aliphatic heterocycles. The van der Waals surface area contributed by atoms with Crippen LogP contribution in [0, 0.1) is 11.8 Å². The molecular weight excluding hydrogens is 496 g/mol. The van der Waals surface area contributed by atoms with E-state index in [2.05, 4.69) is 0 Å².